The number of Topliss-reactive ketones (excluding diaryl/α,β-unsaturated/α-hetero) is 1. The van der Waals surface area contributed by atoms with E-state index in [4.69, 9.17) is 10.7 Å². The van der Waals surface area contributed by atoms with E-state index in [1.807, 2.05) is 24.3 Å². The van der Waals surface area contributed by atoms with Crippen LogP contribution in [-0.2, 0) is 0 Å². The Balaban J connectivity index is 1.81. The minimum atomic E-state index is 0.137. The standard InChI is InChI=1S/C24H24N2OS2/c1-2-3-4-8-12-19(27)23-22(25)21-17(16-10-6-5-7-11-16)15-18(26-24(21)29-23)20-13-9-14-28-20/h5-7,9-11,13-15H,2-4,8,12,25H2,1H3. The topological polar surface area (TPSA) is 56.0 Å². The van der Waals surface area contributed by atoms with Gasteiger partial charge in [0.15, 0.2) is 5.78 Å². The monoisotopic (exact) mass is 420 g/mol. The summed E-state index contributed by atoms with van der Waals surface area (Å²) in [5.41, 5.74) is 10.2. The lowest BCUT2D eigenvalue weighted by atomic mass is 10.0. The predicted octanol–water partition coefficient (Wildman–Crippen LogP) is 7.43. The van der Waals surface area contributed by atoms with Gasteiger partial charge in [-0.05, 0) is 35.1 Å². The van der Waals surface area contributed by atoms with Crippen molar-refractivity contribution < 1.29 is 4.79 Å². The van der Waals surface area contributed by atoms with Crippen LogP contribution in [0.5, 0.6) is 0 Å². The van der Waals surface area contributed by atoms with Crippen LogP contribution in [0, 0.1) is 0 Å². The summed E-state index contributed by atoms with van der Waals surface area (Å²) < 4.78 is 0. The lowest BCUT2D eigenvalue weighted by Crippen LogP contribution is -2.00. The number of nitrogens with two attached hydrogens (primary N) is 1. The highest BCUT2D eigenvalue weighted by molar-refractivity contribution is 7.21. The largest absolute Gasteiger partial charge is 0.397 e. The van der Waals surface area contributed by atoms with Crippen molar-refractivity contribution in [3.8, 4) is 21.7 Å². The molecule has 0 amide bonds. The maximum absolute atomic E-state index is 12.9. The first kappa shape index (κ1) is 19.8. The zero-order valence-electron chi connectivity index (χ0n) is 16.5. The number of fused-ring (bicyclic) bond motifs is 1. The average Bonchev–Trinajstić information content (AvgIpc) is 3.40. The quantitative estimate of drug-likeness (QED) is 0.238. The van der Waals surface area contributed by atoms with Crippen molar-refractivity contribution in [2.24, 2.45) is 0 Å². The Morgan fingerprint density at radius 2 is 1.90 bits per heavy atom. The number of thiophene rings is 2. The molecule has 3 aromatic heterocycles. The minimum absolute atomic E-state index is 0.137. The van der Waals surface area contributed by atoms with Crippen molar-refractivity contribution in [2.45, 2.75) is 39.0 Å². The van der Waals surface area contributed by atoms with Gasteiger partial charge >= 0.3 is 0 Å². The van der Waals surface area contributed by atoms with Gasteiger partial charge in [-0.25, -0.2) is 4.98 Å². The van der Waals surface area contributed by atoms with Crippen LogP contribution < -0.4 is 5.73 Å². The van der Waals surface area contributed by atoms with E-state index in [-0.39, 0.29) is 5.78 Å². The summed E-state index contributed by atoms with van der Waals surface area (Å²) in [6.45, 7) is 2.17. The number of hydrogen-bond donors (Lipinski definition) is 1. The van der Waals surface area contributed by atoms with Gasteiger partial charge in [-0.2, -0.15) is 0 Å². The fourth-order valence-electron chi connectivity index (χ4n) is 3.55. The number of pyridine rings is 1. The molecule has 4 aromatic rings. The second-order valence-corrected chi connectivity index (χ2v) is 9.10. The van der Waals surface area contributed by atoms with E-state index in [0.717, 1.165) is 51.2 Å². The zero-order chi connectivity index (χ0) is 20.2. The Morgan fingerprint density at radius 3 is 2.62 bits per heavy atom. The third-order valence-corrected chi connectivity index (χ3v) is 7.10. The van der Waals surface area contributed by atoms with E-state index in [1.165, 1.54) is 17.8 Å². The van der Waals surface area contributed by atoms with Gasteiger partial charge in [0.25, 0.3) is 0 Å². The van der Waals surface area contributed by atoms with Crippen LogP contribution in [0.15, 0.2) is 53.9 Å². The Bertz CT molecular complexity index is 1110. The number of unbranched alkanes of at least 4 members (excludes halogenated alkanes) is 3. The zero-order valence-corrected chi connectivity index (χ0v) is 18.1. The van der Waals surface area contributed by atoms with Crippen LogP contribution in [0.2, 0.25) is 0 Å². The van der Waals surface area contributed by atoms with Crippen molar-refractivity contribution in [1.82, 2.24) is 4.98 Å². The molecule has 0 aliphatic heterocycles. The number of carbonyl (C=O) groups excluding carboxylic acids is 1. The van der Waals surface area contributed by atoms with Gasteiger partial charge in [0.2, 0.25) is 0 Å². The van der Waals surface area contributed by atoms with E-state index in [9.17, 15) is 4.79 Å². The molecule has 0 saturated heterocycles. The number of aromatic nitrogens is 1. The van der Waals surface area contributed by atoms with Crippen molar-refractivity contribution in [2.75, 3.05) is 5.73 Å². The minimum Gasteiger partial charge on any atom is -0.397 e. The van der Waals surface area contributed by atoms with Crippen molar-refractivity contribution in [3.05, 3.63) is 58.8 Å². The Hall–Kier alpha value is -2.50. The highest BCUT2D eigenvalue weighted by Gasteiger charge is 2.21. The van der Waals surface area contributed by atoms with Gasteiger partial charge in [-0.1, -0.05) is 62.6 Å². The van der Waals surface area contributed by atoms with E-state index < -0.39 is 0 Å². The molecule has 0 atom stereocenters. The number of nitrogen functional groups attached to an aromatic ring is 1. The van der Waals surface area contributed by atoms with Crippen LogP contribution in [0.25, 0.3) is 31.9 Å². The summed E-state index contributed by atoms with van der Waals surface area (Å²) in [4.78, 5) is 20.3. The number of rotatable bonds is 8. The highest BCUT2D eigenvalue weighted by atomic mass is 32.1. The van der Waals surface area contributed by atoms with E-state index in [1.54, 1.807) is 11.3 Å². The van der Waals surface area contributed by atoms with Crippen molar-refractivity contribution >= 4 is 44.4 Å². The molecule has 0 unspecified atom stereocenters. The third kappa shape index (κ3) is 4.11. The number of nitrogens with zero attached hydrogens (tertiary/aromatic N) is 1. The molecule has 4 rings (SSSR count). The number of benzene rings is 1. The maximum Gasteiger partial charge on any atom is 0.174 e. The number of ketones is 1. The Morgan fingerprint density at radius 1 is 1.07 bits per heavy atom. The van der Waals surface area contributed by atoms with Crippen LogP contribution in [-0.4, -0.2) is 10.8 Å². The summed E-state index contributed by atoms with van der Waals surface area (Å²) >= 11 is 3.10. The van der Waals surface area contributed by atoms with Gasteiger partial charge < -0.3 is 5.73 Å². The molecule has 3 nitrogen and oxygen atoms in total. The number of anilines is 1. The average molecular weight is 421 g/mol. The molecule has 3 heterocycles. The van der Waals surface area contributed by atoms with Crippen molar-refractivity contribution in [1.29, 1.82) is 0 Å². The van der Waals surface area contributed by atoms with Gasteiger partial charge in [0, 0.05) is 11.8 Å². The SMILES string of the molecule is CCCCCCC(=O)c1sc2nc(-c3cccs3)cc(-c3ccccc3)c2c1N. The molecule has 0 radical (unpaired) electrons. The fourth-order valence-corrected chi connectivity index (χ4v) is 5.32. The molecule has 0 aliphatic rings. The summed E-state index contributed by atoms with van der Waals surface area (Å²) in [5.74, 6) is 0.137. The molecule has 1 aromatic carbocycles. The second-order valence-electron chi connectivity index (χ2n) is 7.16. The maximum atomic E-state index is 12.9. The molecule has 0 aliphatic carbocycles. The van der Waals surface area contributed by atoms with E-state index in [0.29, 0.717) is 17.0 Å². The first-order chi connectivity index (χ1) is 14.2. The molecule has 2 N–H and O–H groups in total. The lowest BCUT2D eigenvalue weighted by molar-refractivity contribution is 0.0984. The molecule has 0 saturated carbocycles. The van der Waals surface area contributed by atoms with Gasteiger partial charge in [0.05, 0.1) is 21.1 Å². The van der Waals surface area contributed by atoms with E-state index >= 15 is 0 Å². The summed E-state index contributed by atoms with van der Waals surface area (Å²) in [7, 11) is 0. The number of hydrogen-bond acceptors (Lipinski definition) is 5. The summed E-state index contributed by atoms with van der Waals surface area (Å²) in [5, 5.41) is 2.95. The molecule has 0 fully saturated rings. The van der Waals surface area contributed by atoms with Crippen molar-refractivity contribution in [3.63, 3.8) is 0 Å². The van der Waals surface area contributed by atoms with Crippen LogP contribution >= 0.6 is 22.7 Å². The fraction of sp³-hybridized carbons (Fsp3) is 0.250. The van der Waals surface area contributed by atoms with Crippen LogP contribution in [0.4, 0.5) is 5.69 Å². The van der Waals surface area contributed by atoms with Gasteiger partial charge in [-0.15, -0.1) is 22.7 Å². The summed E-state index contributed by atoms with van der Waals surface area (Å²) in [6, 6.07) is 16.4. The summed E-state index contributed by atoms with van der Waals surface area (Å²) in [6.07, 6.45) is 4.88. The first-order valence-electron chi connectivity index (χ1n) is 10.0. The molecular formula is C24H24N2OS2. The Kier molecular flexibility index (Phi) is 6.07. The third-order valence-electron chi connectivity index (χ3n) is 5.07. The normalized spacial score (nSPS) is 11.2. The molecular weight excluding hydrogens is 396 g/mol. The van der Waals surface area contributed by atoms with Gasteiger partial charge in [-0.3, -0.25) is 4.79 Å². The highest BCUT2D eigenvalue weighted by Crippen LogP contribution is 2.42. The predicted molar refractivity (Wildman–Crippen MR) is 126 cm³/mol. The van der Waals surface area contributed by atoms with E-state index in [2.05, 4.69) is 36.6 Å². The van der Waals surface area contributed by atoms with Crippen LogP contribution in [0.3, 0.4) is 0 Å². The number of carbonyl (C=O) groups is 1. The van der Waals surface area contributed by atoms with Gasteiger partial charge in [0.1, 0.15) is 4.83 Å². The molecule has 29 heavy (non-hydrogen) atoms. The molecule has 5 heteroatoms. The molecule has 0 bridgehead atoms. The second kappa shape index (κ2) is 8.89. The smallest absolute Gasteiger partial charge is 0.174 e. The van der Waals surface area contributed by atoms with Crippen LogP contribution in [0.1, 0.15) is 48.7 Å². The molecule has 148 valence electrons. The lowest BCUT2D eigenvalue weighted by Gasteiger charge is -2.08. The Labute approximate surface area is 179 Å². The first-order valence-corrected chi connectivity index (χ1v) is 11.7. The molecule has 0 spiro atoms.